The Morgan fingerprint density at radius 2 is 1.37 bits per heavy atom. The van der Waals surface area contributed by atoms with Crippen molar-refractivity contribution in [2.24, 2.45) is 5.92 Å². The average Bonchev–Trinajstić information content (AvgIpc) is 3.45. The lowest BCUT2D eigenvalue weighted by Crippen LogP contribution is -2.30. The molecule has 1 saturated carbocycles. The molecule has 3 aromatic rings. The van der Waals surface area contributed by atoms with Crippen LogP contribution < -0.4 is 16.0 Å². The van der Waals surface area contributed by atoms with Gasteiger partial charge in [0.05, 0.1) is 26.5 Å². The van der Waals surface area contributed by atoms with Crippen molar-refractivity contribution in [1.29, 1.82) is 0 Å². The topological polar surface area (TPSA) is 87.3 Å². The number of hydrogen-bond acceptors (Lipinski definition) is 3. The standard InChI is InChI=1S/C25H13Cl5F5N3O3/c26-13-4-2-10(36-22(40)19-18(24(19,29)30)9-1-3-14(27)15(28)5-9)6-12(13)21(39)37-11-7-16(31)20(17(32)8-11)38-23(41)25(33,34)35/h1-8,18-19H,(H,36,40)(H,37,39)(H,38,41). The van der Waals surface area contributed by atoms with Crippen molar-refractivity contribution in [3.05, 3.63) is 86.4 Å². The van der Waals surface area contributed by atoms with Crippen LogP contribution in [0.15, 0.2) is 48.5 Å². The summed E-state index contributed by atoms with van der Waals surface area (Å²) in [6, 6.07) is 9.47. The lowest BCUT2D eigenvalue weighted by Gasteiger charge is -2.13. The first-order valence-corrected chi connectivity index (χ1v) is 13.0. The second-order valence-corrected chi connectivity index (χ2v) is 11.4. The summed E-state index contributed by atoms with van der Waals surface area (Å²) >= 11 is 30.8. The normalized spacial score (nSPS) is 17.5. The maximum Gasteiger partial charge on any atom is 0.471 e. The summed E-state index contributed by atoms with van der Waals surface area (Å²) in [6.07, 6.45) is -5.39. The number of benzene rings is 3. The molecule has 0 heterocycles. The lowest BCUT2D eigenvalue weighted by molar-refractivity contribution is -0.167. The molecule has 3 N–H and O–H groups in total. The molecular formula is C25H13Cl5F5N3O3. The summed E-state index contributed by atoms with van der Waals surface area (Å²) in [5.74, 6) is -8.87. The predicted molar refractivity (Wildman–Crippen MR) is 146 cm³/mol. The molecule has 2 unspecified atom stereocenters. The molecular weight excluding hydrogens is 663 g/mol. The lowest BCUT2D eigenvalue weighted by atomic mass is 10.1. The van der Waals surface area contributed by atoms with Gasteiger partial charge in [-0.3, -0.25) is 14.4 Å². The minimum absolute atomic E-state index is 0.0936. The highest BCUT2D eigenvalue weighted by molar-refractivity contribution is 6.53. The molecule has 0 radical (unpaired) electrons. The molecule has 1 aliphatic rings. The highest BCUT2D eigenvalue weighted by Gasteiger charge is 2.67. The number of hydrogen-bond donors (Lipinski definition) is 3. The fraction of sp³-hybridized carbons (Fsp3) is 0.160. The summed E-state index contributed by atoms with van der Waals surface area (Å²) in [6.45, 7) is 0. The van der Waals surface area contributed by atoms with Crippen molar-refractivity contribution in [3.8, 4) is 0 Å². The van der Waals surface area contributed by atoms with Crippen LogP contribution in [0.25, 0.3) is 0 Å². The van der Waals surface area contributed by atoms with Crippen molar-refractivity contribution >= 4 is 92.8 Å². The number of amides is 3. The van der Waals surface area contributed by atoms with Gasteiger partial charge in [-0.1, -0.05) is 40.9 Å². The van der Waals surface area contributed by atoms with Gasteiger partial charge in [0.2, 0.25) is 5.91 Å². The number of nitrogens with one attached hydrogen (secondary N) is 3. The minimum atomic E-state index is -5.39. The first-order chi connectivity index (χ1) is 19.0. The fourth-order valence-corrected chi connectivity index (χ4v) is 5.26. The number of carbonyl (C=O) groups is 3. The van der Waals surface area contributed by atoms with Crippen molar-refractivity contribution in [2.45, 2.75) is 16.4 Å². The quantitative estimate of drug-likeness (QED) is 0.182. The van der Waals surface area contributed by atoms with Crippen LogP contribution in [0.5, 0.6) is 0 Å². The van der Waals surface area contributed by atoms with E-state index in [-0.39, 0.29) is 21.3 Å². The van der Waals surface area contributed by atoms with E-state index in [1.54, 1.807) is 6.07 Å². The van der Waals surface area contributed by atoms with Gasteiger partial charge in [0.25, 0.3) is 5.91 Å². The number of rotatable bonds is 6. The molecule has 3 amide bonds. The van der Waals surface area contributed by atoms with Crippen LogP contribution in [0.2, 0.25) is 15.1 Å². The first kappa shape index (κ1) is 31.1. The number of anilines is 3. The van der Waals surface area contributed by atoms with Crippen LogP contribution in [0.4, 0.5) is 39.0 Å². The molecule has 16 heteroatoms. The van der Waals surface area contributed by atoms with Gasteiger partial charge in [-0.25, -0.2) is 8.78 Å². The molecule has 4 rings (SSSR count). The van der Waals surface area contributed by atoms with Crippen molar-refractivity contribution in [2.75, 3.05) is 16.0 Å². The molecule has 2 atom stereocenters. The van der Waals surface area contributed by atoms with Crippen molar-refractivity contribution in [1.82, 2.24) is 0 Å². The van der Waals surface area contributed by atoms with Gasteiger partial charge in [-0.05, 0) is 48.0 Å². The third-order valence-corrected chi connectivity index (χ3v) is 7.92. The third kappa shape index (κ3) is 6.65. The van der Waals surface area contributed by atoms with E-state index in [2.05, 4.69) is 10.6 Å². The highest BCUT2D eigenvalue weighted by Crippen LogP contribution is 2.65. The van der Waals surface area contributed by atoms with Gasteiger partial charge in [0, 0.05) is 17.3 Å². The van der Waals surface area contributed by atoms with Gasteiger partial charge in [-0.15, -0.1) is 23.2 Å². The molecule has 41 heavy (non-hydrogen) atoms. The van der Waals surface area contributed by atoms with E-state index in [1.807, 2.05) is 0 Å². The first-order valence-electron chi connectivity index (χ1n) is 11.1. The number of halogens is 10. The molecule has 0 aromatic heterocycles. The smallest absolute Gasteiger partial charge is 0.326 e. The largest absolute Gasteiger partial charge is 0.471 e. The van der Waals surface area contributed by atoms with Gasteiger partial charge in [0.15, 0.2) is 11.6 Å². The van der Waals surface area contributed by atoms with Crippen LogP contribution in [-0.2, 0) is 9.59 Å². The van der Waals surface area contributed by atoms with Gasteiger partial charge >= 0.3 is 12.1 Å². The Balaban J connectivity index is 1.49. The zero-order valence-corrected chi connectivity index (χ0v) is 23.6. The molecule has 3 aromatic carbocycles. The molecule has 1 fully saturated rings. The molecule has 1 aliphatic carbocycles. The Labute approximate surface area is 253 Å². The monoisotopic (exact) mass is 673 g/mol. The number of alkyl halides is 5. The molecule has 6 nitrogen and oxygen atoms in total. The molecule has 216 valence electrons. The van der Waals surface area contributed by atoms with Crippen LogP contribution in [0, 0.1) is 17.6 Å². The average molecular weight is 676 g/mol. The van der Waals surface area contributed by atoms with E-state index in [1.165, 1.54) is 30.3 Å². The second kappa shape index (κ2) is 11.4. The maximum absolute atomic E-state index is 14.3. The maximum atomic E-state index is 14.3. The second-order valence-electron chi connectivity index (χ2n) is 8.71. The summed E-state index contributed by atoms with van der Waals surface area (Å²) in [4.78, 5) is 36.8. The van der Waals surface area contributed by atoms with Crippen LogP contribution >= 0.6 is 58.0 Å². The van der Waals surface area contributed by atoms with E-state index in [0.29, 0.717) is 22.7 Å². The highest BCUT2D eigenvalue weighted by atomic mass is 35.5. The Hall–Kier alpha value is -2.83. The summed E-state index contributed by atoms with van der Waals surface area (Å²) in [7, 11) is 0. The SMILES string of the molecule is O=C(Nc1cc(F)c(NC(=O)C(F)(F)F)c(F)c1)c1cc(NC(=O)C2C(c3ccc(Cl)c(Cl)c3)C2(Cl)Cl)ccc1Cl. The van der Waals surface area contributed by atoms with E-state index in [0.717, 1.165) is 5.32 Å². The zero-order valence-electron chi connectivity index (χ0n) is 19.8. The van der Waals surface area contributed by atoms with Gasteiger partial charge < -0.3 is 16.0 Å². The summed E-state index contributed by atoms with van der Waals surface area (Å²) in [5, 5.41) is 6.23. The van der Waals surface area contributed by atoms with Crippen LogP contribution in [-0.4, -0.2) is 28.2 Å². The van der Waals surface area contributed by atoms with Gasteiger partial charge in [-0.2, -0.15) is 13.2 Å². The molecule has 0 bridgehead atoms. The number of carbonyl (C=O) groups excluding carboxylic acids is 3. The fourth-order valence-electron chi connectivity index (χ4n) is 3.92. The zero-order chi connectivity index (χ0) is 30.4. The summed E-state index contributed by atoms with van der Waals surface area (Å²) < 4.78 is 64.3. The Bertz CT molecular complexity index is 1560. The van der Waals surface area contributed by atoms with Crippen LogP contribution in [0.3, 0.4) is 0 Å². The van der Waals surface area contributed by atoms with Crippen molar-refractivity contribution < 1.29 is 36.3 Å². The van der Waals surface area contributed by atoms with E-state index < -0.39 is 63.1 Å². The summed E-state index contributed by atoms with van der Waals surface area (Å²) in [5.41, 5.74) is -1.43. The van der Waals surface area contributed by atoms with E-state index >= 15 is 0 Å². The molecule has 0 spiro atoms. The van der Waals surface area contributed by atoms with Crippen LogP contribution in [0.1, 0.15) is 21.8 Å². The van der Waals surface area contributed by atoms with E-state index in [4.69, 9.17) is 58.0 Å². The molecule has 0 saturated heterocycles. The molecule has 0 aliphatic heterocycles. The Kier molecular flexibility index (Phi) is 8.69. The Morgan fingerprint density at radius 3 is 1.95 bits per heavy atom. The Morgan fingerprint density at radius 1 is 0.756 bits per heavy atom. The van der Waals surface area contributed by atoms with Crippen molar-refractivity contribution in [3.63, 3.8) is 0 Å². The third-order valence-electron chi connectivity index (χ3n) is 5.91. The minimum Gasteiger partial charge on any atom is -0.326 e. The van der Waals surface area contributed by atoms with E-state index in [9.17, 15) is 36.3 Å². The van der Waals surface area contributed by atoms with Gasteiger partial charge in [0.1, 0.15) is 10.0 Å². The predicted octanol–water partition coefficient (Wildman–Crippen LogP) is 8.20.